The molecule has 1 aromatic heterocycles. The van der Waals surface area contributed by atoms with Gasteiger partial charge in [0.2, 0.25) is 0 Å². The number of aromatic carboxylic acids is 1. The molecule has 0 unspecified atom stereocenters. The Labute approximate surface area is 191 Å². The minimum atomic E-state index is -1.04. The molecule has 0 radical (unpaired) electrons. The number of allylic oxidation sites excluding steroid dienone is 1. The van der Waals surface area contributed by atoms with Gasteiger partial charge in [-0.15, -0.1) is 0 Å². The quantitative estimate of drug-likeness (QED) is 0.336. The van der Waals surface area contributed by atoms with Crippen molar-refractivity contribution in [1.29, 1.82) is 0 Å². The minimum absolute atomic E-state index is 0.108. The molecular weight excluding hydrogens is 418 g/mol. The summed E-state index contributed by atoms with van der Waals surface area (Å²) in [7, 11) is 0. The predicted octanol–water partition coefficient (Wildman–Crippen LogP) is 5.45. The van der Waals surface area contributed by atoms with Crippen LogP contribution in [0.3, 0.4) is 0 Å². The maximum absolute atomic E-state index is 11.4. The SMILES string of the molecule is CC=C(NOCc1cccc(Oc2ccccc2C(=O)O)c1)c1ccc(-n2cccn2)cc1. The van der Waals surface area contributed by atoms with Crippen LogP contribution in [0.1, 0.15) is 28.4 Å². The van der Waals surface area contributed by atoms with Crippen molar-refractivity contribution in [3.8, 4) is 17.2 Å². The fraction of sp³-hybridized carbons (Fsp3) is 0.0769. The Kier molecular flexibility index (Phi) is 6.82. The summed E-state index contributed by atoms with van der Waals surface area (Å²) in [6.45, 7) is 2.22. The standard InChI is InChI=1S/C26H23N3O4/c1-2-24(20-11-13-21(14-12-20)29-16-6-15-27-29)28-32-18-19-7-5-8-22(17-19)33-25-10-4-3-9-23(25)26(30)31/h2-17,28H,18H2,1H3,(H,30,31). The molecular formula is C26H23N3O4. The molecule has 0 amide bonds. The van der Waals surface area contributed by atoms with Crippen LogP contribution in [0.15, 0.2) is 97.3 Å². The average molecular weight is 441 g/mol. The number of carboxylic acids is 1. The highest BCUT2D eigenvalue weighted by Gasteiger charge is 2.11. The van der Waals surface area contributed by atoms with E-state index in [0.29, 0.717) is 12.4 Å². The summed E-state index contributed by atoms with van der Waals surface area (Å²) < 4.78 is 7.59. The Hall–Kier alpha value is -4.36. The van der Waals surface area contributed by atoms with Crippen LogP contribution in [0, 0.1) is 0 Å². The number of carboxylic acid groups (broad SMARTS) is 1. The second-order valence-electron chi connectivity index (χ2n) is 7.14. The van der Waals surface area contributed by atoms with Crippen LogP contribution in [-0.4, -0.2) is 20.9 Å². The van der Waals surface area contributed by atoms with Crippen molar-refractivity contribution in [2.24, 2.45) is 0 Å². The smallest absolute Gasteiger partial charge is 0.339 e. The van der Waals surface area contributed by atoms with Gasteiger partial charge >= 0.3 is 5.97 Å². The highest BCUT2D eigenvalue weighted by Crippen LogP contribution is 2.26. The summed E-state index contributed by atoms with van der Waals surface area (Å²) in [5, 5.41) is 13.6. The molecule has 0 atom stereocenters. The maximum atomic E-state index is 11.4. The maximum Gasteiger partial charge on any atom is 0.339 e. The van der Waals surface area contributed by atoms with E-state index in [1.54, 1.807) is 35.1 Å². The number of aromatic nitrogens is 2. The lowest BCUT2D eigenvalue weighted by Gasteiger charge is -2.13. The molecule has 0 bridgehead atoms. The summed E-state index contributed by atoms with van der Waals surface area (Å²) >= 11 is 0. The zero-order chi connectivity index (χ0) is 23.0. The van der Waals surface area contributed by atoms with E-state index in [1.165, 1.54) is 6.07 Å². The van der Waals surface area contributed by atoms with Crippen LogP contribution in [-0.2, 0) is 11.4 Å². The number of carbonyl (C=O) groups is 1. The van der Waals surface area contributed by atoms with Gasteiger partial charge in [-0.3, -0.25) is 10.3 Å². The molecule has 0 aliphatic rings. The van der Waals surface area contributed by atoms with Gasteiger partial charge in [0.25, 0.3) is 0 Å². The molecule has 33 heavy (non-hydrogen) atoms. The van der Waals surface area contributed by atoms with Gasteiger partial charge in [0.1, 0.15) is 17.1 Å². The van der Waals surface area contributed by atoms with Crippen molar-refractivity contribution in [2.45, 2.75) is 13.5 Å². The van der Waals surface area contributed by atoms with Crippen LogP contribution < -0.4 is 10.2 Å². The highest BCUT2D eigenvalue weighted by atomic mass is 16.6. The summed E-state index contributed by atoms with van der Waals surface area (Å²) in [5.41, 5.74) is 6.78. The fourth-order valence-corrected chi connectivity index (χ4v) is 3.26. The van der Waals surface area contributed by atoms with E-state index in [4.69, 9.17) is 9.57 Å². The molecule has 4 aromatic rings. The fourth-order valence-electron chi connectivity index (χ4n) is 3.26. The van der Waals surface area contributed by atoms with Gasteiger partial charge in [0.15, 0.2) is 0 Å². The molecule has 0 aliphatic heterocycles. The molecule has 0 aliphatic carbocycles. The number of nitrogens with one attached hydrogen (secondary N) is 1. The third-order valence-corrected chi connectivity index (χ3v) is 4.90. The van der Waals surface area contributed by atoms with Crippen LogP contribution in [0.25, 0.3) is 11.4 Å². The molecule has 7 heteroatoms. The summed E-state index contributed by atoms with van der Waals surface area (Å²) in [4.78, 5) is 17.1. The summed E-state index contributed by atoms with van der Waals surface area (Å²) in [5.74, 6) is -0.216. The average Bonchev–Trinajstić information content (AvgIpc) is 3.38. The van der Waals surface area contributed by atoms with E-state index < -0.39 is 5.97 Å². The lowest BCUT2D eigenvalue weighted by Crippen LogP contribution is -2.13. The van der Waals surface area contributed by atoms with Crippen molar-refractivity contribution < 1.29 is 19.5 Å². The largest absolute Gasteiger partial charge is 0.478 e. The first-order valence-electron chi connectivity index (χ1n) is 10.4. The molecule has 0 spiro atoms. The van der Waals surface area contributed by atoms with Crippen molar-refractivity contribution in [2.75, 3.05) is 0 Å². The molecule has 0 saturated carbocycles. The third kappa shape index (κ3) is 5.47. The molecule has 1 heterocycles. The van der Waals surface area contributed by atoms with Gasteiger partial charge in [-0.05, 0) is 60.5 Å². The van der Waals surface area contributed by atoms with E-state index in [9.17, 15) is 9.90 Å². The monoisotopic (exact) mass is 441 g/mol. The summed E-state index contributed by atoms with van der Waals surface area (Å²) in [6.07, 6.45) is 5.57. The van der Waals surface area contributed by atoms with E-state index in [2.05, 4.69) is 10.6 Å². The molecule has 4 rings (SSSR count). The van der Waals surface area contributed by atoms with Gasteiger partial charge in [-0.25, -0.2) is 9.48 Å². The molecule has 3 aromatic carbocycles. The normalized spacial score (nSPS) is 11.2. The Balaban J connectivity index is 1.37. The van der Waals surface area contributed by atoms with Crippen LogP contribution in [0.4, 0.5) is 0 Å². The van der Waals surface area contributed by atoms with E-state index in [0.717, 1.165) is 22.5 Å². The third-order valence-electron chi connectivity index (χ3n) is 4.90. The first-order valence-corrected chi connectivity index (χ1v) is 10.4. The van der Waals surface area contributed by atoms with E-state index >= 15 is 0 Å². The number of hydrogen-bond acceptors (Lipinski definition) is 5. The summed E-state index contributed by atoms with van der Waals surface area (Å²) in [6, 6.07) is 23.7. The Bertz CT molecular complexity index is 1250. The minimum Gasteiger partial charge on any atom is -0.478 e. The van der Waals surface area contributed by atoms with E-state index in [1.807, 2.05) is 67.7 Å². The van der Waals surface area contributed by atoms with Gasteiger partial charge in [0.05, 0.1) is 18.0 Å². The second kappa shape index (κ2) is 10.3. The zero-order valence-electron chi connectivity index (χ0n) is 18.0. The number of ether oxygens (including phenoxy) is 1. The second-order valence-corrected chi connectivity index (χ2v) is 7.14. The van der Waals surface area contributed by atoms with Gasteiger partial charge < -0.3 is 9.84 Å². The van der Waals surface area contributed by atoms with Crippen molar-refractivity contribution in [1.82, 2.24) is 15.3 Å². The van der Waals surface area contributed by atoms with Crippen molar-refractivity contribution in [3.63, 3.8) is 0 Å². The first-order chi connectivity index (χ1) is 16.1. The van der Waals surface area contributed by atoms with Crippen LogP contribution in [0.2, 0.25) is 0 Å². The number of nitrogens with zero attached hydrogens (tertiary/aromatic N) is 2. The van der Waals surface area contributed by atoms with Crippen LogP contribution >= 0.6 is 0 Å². The molecule has 0 saturated heterocycles. The van der Waals surface area contributed by atoms with E-state index in [-0.39, 0.29) is 11.3 Å². The number of benzene rings is 3. The number of rotatable bonds is 9. The van der Waals surface area contributed by atoms with Crippen LogP contribution in [0.5, 0.6) is 11.5 Å². The lowest BCUT2D eigenvalue weighted by atomic mass is 10.1. The number of para-hydroxylation sites is 1. The van der Waals surface area contributed by atoms with Gasteiger partial charge in [0, 0.05) is 12.4 Å². The molecule has 7 nitrogen and oxygen atoms in total. The molecule has 166 valence electrons. The van der Waals surface area contributed by atoms with Gasteiger partial charge in [-0.2, -0.15) is 5.10 Å². The molecule has 0 fully saturated rings. The Morgan fingerprint density at radius 2 is 1.88 bits per heavy atom. The predicted molar refractivity (Wildman–Crippen MR) is 125 cm³/mol. The first kappa shape index (κ1) is 21.9. The lowest BCUT2D eigenvalue weighted by molar-refractivity contribution is 0.0644. The number of hydrogen-bond donors (Lipinski definition) is 2. The Morgan fingerprint density at radius 1 is 1.06 bits per heavy atom. The number of hydroxylamine groups is 1. The zero-order valence-corrected chi connectivity index (χ0v) is 18.0. The van der Waals surface area contributed by atoms with Crippen molar-refractivity contribution in [3.05, 3.63) is 114 Å². The van der Waals surface area contributed by atoms with Gasteiger partial charge in [-0.1, -0.05) is 42.5 Å². The molecule has 2 N–H and O–H groups in total. The highest BCUT2D eigenvalue weighted by molar-refractivity contribution is 5.90. The van der Waals surface area contributed by atoms with Crippen molar-refractivity contribution >= 4 is 11.7 Å². The topological polar surface area (TPSA) is 85.6 Å². The Morgan fingerprint density at radius 3 is 2.61 bits per heavy atom.